The second-order valence-corrected chi connectivity index (χ2v) is 33.7. The van der Waals surface area contributed by atoms with Gasteiger partial charge in [-0.2, -0.15) is 0 Å². The van der Waals surface area contributed by atoms with Crippen LogP contribution < -0.4 is 0 Å². The van der Waals surface area contributed by atoms with Crippen LogP contribution in [-0.2, 0) is 132 Å². The summed E-state index contributed by atoms with van der Waals surface area (Å²) in [5.41, 5.74) is 2.73. The lowest BCUT2D eigenvalue weighted by atomic mass is 10.1. The van der Waals surface area contributed by atoms with Crippen LogP contribution in [0.5, 0.6) is 0 Å². The number of allylic oxidation sites excluding steroid dienone is 1. The standard InChI is InChI=1S/C14H12O4S.C14H16O4S.3C11H12O4S.C5H8O4S.C4H6OS/c1-18-14(15)8-9-19(16,17)13-7-6-11-4-2-3-5-12(11)10-13;1-11(15)10-13-4-6-14(7-5-13)19(16,17)9-8-12(2)18-3;2*1-9-3-5-10(6-4-9)16(13,14)8-7-11(12)15-2;1-2-15-11(12)8-9-16(13,14)10-6-4-3-5-7-10;1-9-5(6)3-4-10(2,7)8;1-6(5)3-2-4-6/h2-10H,1H3;4-9H,2,10H2,1,3H3;2*3-8H,1-2H3;3-9H,2H2,1H3;3-4H,1-2H3;2-3H,1,4H2/b2*9-8+;8-7+;8-7-;9-8+;4-3+;. The lowest BCUT2D eigenvalue weighted by Crippen LogP contribution is -2.06. The van der Waals surface area contributed by atoms with Crippen molar-refractivity contribution in [2.45, 2.75) is 58.6 Å². The number of methoxy groups -OCH3 is 5. The van der Waals surface area contributed by atoms with Crippen molar-refractivity contribution in [3.63, 3.8) is 0 Å². The van der Waals surface area contributed by atoms with Crippen LogP contribution in [0.15, 0.2) is 263 Å². The maximum Gasteiger partial charge on any atom is 0.331 e. The summed E-state index contributed by atoms with van der Waals surface area (Å²) in [6.07, 6.45) is 8.88. The summed E-state index contributed by atoms with van der Waals surface area (Å²) in [5, 5.41) is 8.65. The lowest BCUT2D eigenvalue weighted by Gasteiger charge is -2.05. The molecule has 1 heterocycles. The van der Waals surface area contributed by atoms with E-state index in [1.165, 1.54) is 103 Å². The van der Waals surface area contributed by atoms with Crippen LogP contribution in [0.1, 0.15) is 30.5 Å². The highest BCUT2D eigenvalue weighted by atomic mass is 32.2. The van der Waals surface area contributed by atoms with E-state index in [0.717, 1.165) is 96.5 Å². The molecule has 550 valence electrons. The number of ether oxygens (including phenoxy) is 6. The quantitative estimate of drug-likeness (QED) is 0.0162. The molecule has 32 heteroatoms. The van der Waals surface area contributed by atoms with Gasteiger partial charge in [-0.05, 0) is 132 Å². The van der Waals surface area contributed by atoms with E-state index in [4.69, 9.17) is 4.74 Å². The first kappa shape index (κ1) is 90.1. The van der Waals surface area contributed by atoms with Crippen molar-refractivity contribution in [2.24, 2.45) is 0 Å². The Hall–Kier alpha value is -9.96. The second kappa shape index (κ2) is 43.6. The lowest BCUT2D eigenvalue weighted by molar-refractivity contribution is -0.137. The Morgan fingerprint density at radius 2 is 0.745 bits per heavy atom. The number of carbonyl (C=O) groups is 6. The zero-order valence-electron chi connectivity index (χ0n) is 57.0. The zero-order valence-corrected chi connectivity index (χ0v) is 62.8. The first-order valence-corrected chi connectivity index (χ1v) is 40.7. The number of aryl methyl sites for hydroxylation is 2. The predicted octanol–water partition coefficient (Wildman–Crippen LogP) is 8.96. The van der Waals surface area contributed by atoms with E-state index in [-0.39, 0.29) is 42.6 Å². The van der Waals surface area contributed by atoms with Crippen LogP contribution in [0, 0.1) is 13.8 Å². The molecule has 6 aromatic rings. The molecule has 0 aliphatic carbocycles. The molecular weight excluding hydrogens is 1470 g/mol. The van der Waals surface area contributed by atoms with Crippen molar-refractivity contribution in [1.29, 1.82) is 0 Å². The summed E-state index contributed by atoms with van der Waals surface area (Å²) in [7, 11) is -16.6. The van der Waals surface area contributed by atoms with E-state index >= 15 is 0 Å². The number of hydrogen-bond acceptors (Lipinski definition) is 25. The van der Waals surface area contributed by atoms with E-state index in [1.807, 2.05) is 44.2 Å². The summed E-state index contributed by atoms with van der Waals surface area (Å²) < 4.78 is 175. The summed E-state index contributed by atoms with van der Waals surface area (Å²) in [6.45, 7) is 10.6. The van der Waals surface area contributed by atoms with Crippen LogP contribution in [0.25, 0.3) is 10.8 Å². The Bertz CT molecular complexity index is 4820. The van der Waals surface area contributed by atoms with Crippen LogP contribution in [0.3, 0.4) is 0 Å². The third kappa shape index (κ3) is 36.9. The van der Waals surface area contributed by atoms with E-state index in [2.05, 4.69) is 36.1 Å². The van der Waals surface area contributed by atoms with Gasteiger partial charge >= 0.3 is 29.8 Å². The maximum absolute atomic E-state index is 12.0. The number of ketones is 1. The summed E-state index contributed by atoms with van der Waals surface area (Å²) in [5.74, 6) is 0.958. The highest BCUT2D eigenvalue weighted by molar-refractivity contribution is 8.04. The fourth-order valence-electron chi connectivity index (χ4n) is 6.65. The number of rotatable bonds is 21. The minimum atomic E-state index is -3.64. The van der Waals surface area contributed by atoms with Crippen LogP contribution in [0.2, 0.25) is 0 Å². The van der Waals surface area contributed by atoms with Gasteiger partial charge in [-0.3, -0.25) is 9.00 Å². The molecule has 0 saturated carbocycles. The summed E-state index contributed by atoms with van der Waals surface area (Å²) >= 11 is 0. The third-order valence-corrected chi connectivity index (χ3v) is 21.2. The highest BCUT2D eigenvalue weighted by Crippen LogP contribution is 2.21. The van der Waals surface area contributed by atoms with Crippen molar-refractivity contribution < 1.29 is 112 Å². The van der Waals surface area contributed by atoms with Gasteiger partial charge in [0.1, 0.15) is 11.5 Å². The molecule has 1 aliphatic heterocycles. The van der Waals surface area contributed by atoms with Gasteiger partial charge in [-0.25, -0.2) is 74.5 Å². The number of hydrogen-bond donors (Lipinski definition) is 0. The molecule has 0 saturated heterocycles. The average molecular weight is 1540 g/mol. The van der Waals surface area contributed by atoms with Gasteiger partial charge < -0.3 is 28.4 Å². The van der Waals surface area contributed by atoms with Gasteiger partial charge in [-0.1, -0.05) is 109 Å². The van der Waals surface area contributed by atoms with Crippen molar-refractivity contribution in [3.8, 4) is 0 Å². The van der Waals surface area contributed by atoms with Gasteiger partial charge in [0.25, 0.3) is 0 Å². The minimum Gasteiger partial charge on any atom is -0.497 e. The Morgan fingerprint density at radius 3 is 1.08 bits per heavy atom. The van der Waals surface area contributed by atoms with E-state index in [1.54, 1.807) is 79.1 Å². The fraction of sp³-hybridized carbons (Fsp3) is 0.186. The summed E-state index contributed by atoms with van der Waals surface area (Å²) in [6, 6.07) is 39.1. The molecule has 0 amide bonds. The SMILES string of the molecule is C=C(/C=C/S(=O)(=O)c1ccc(CC(C)=O)cc1)OC.C=S1(=O)C=CC1.CCOC(=O)/C=C/S(=O)(=O)c1ccccc1.COC(=O)/C=C/S(=O)(=O)c1ccc(C)cc1.COC(=O)/C=C/S(=O)(=O)c1ccc2ccccc2c1.COC(=O)/C=C/S(C)(=O)=O.COC(=O)/C=C\S(=O)(=O)c1ccc(C)cc1. The summed E-state index contributed by atoms with van der Waals surface area (Å²) in [4.78, 5) is 65.4. The normalized spacial score (nSPS) is 13.4. The van der Waals surface area contributed by atoms with Gasteiger partial charge in [0.15, 0.2) is 59.0 Å². The van der Waals surface area contributed by atoms with Gasteiger partial charge in [0.2, 0.25) is 0 Å². The number of carbonyl (C=O) groups excluding carboxylic acids is 6. The Morgan fingerprint density at radius 1 is 0.431 bits per heavy atom. The molecule has 6 aromatic carbocycles. The molecule has 0 radical (unpaired) electrons. The van der Waals surface area contributed by atoms with Crippen molar-refractivity contribution >= 4 is 121 Å². The van der Waals surface area contributed by atoms with Crippen molar-refractivity contribution in [1.82, 2.24) is 0 Å². The van der Waals surface area contributed by atoms with Crippen LogP contribution in [-0.4, -0.2) is 150 Å². The first-order chi connectivity index (χ1) is 47.5. The second-order valence-electron chi connectivity index (χ2n) is 20.3. The minimum absolute atomic E-state index is 0.0342. The molecule has 0 bridgehead atoms. The predicted molar refractivity (Wildman–Crippen MR) is 389 cm³/mol. The average Bonchev–Trinajstić information content (AvgIpc) is 0.817. The third-order valence-electron chi connectivity index (χ3n) is 12.0. The molecule has 0 spiro atoms. The molecule has 102 heavy (non-hydrogen) atoms. The van der Waals surface area contributed by atoms with E-state index in [0.29, 0.717) is 12.2 Å². The molecule has 0 N–H and O–H groups in total. The molecular formula is C70H78O25S7. The number of Topliss-reactive ketones (excluding diaryl/α,β-unsaturated/α-hetero) is 1. The molecule has 25 nitrogen and oxygen atoms in total. The molecule has 1 unspecified atom stereocenters. The topological polar surface area (TPSA) is 380 Å². The Labute approximate surface area is 596 Å². The van der Waals surface area contributed by atoms with E-state index < -0.39 is 98.4 Å². The van der Waals surface area contributed by atoms with Crippen LogP contribution >= 0.6 is 0 Å². The first-order valence-electron chi connectivity index (χ1n) is 29.0. The van der Waals surface area contributed by atoms with E-state index in [9.17, 15) is 83.5 Å². The largest absolute Gasteiger partial charge is 0.497 e. The molecule has 1 aliphatic rings. The molecule has 0 fully saturated rings. The molecule has 7 rings (SSSR count). The Kier molecular flexibility index (Phi) is 38.5. The molecule has 0 aromatic heterocycles. The fourth-order valence-corrected chi connectivity index (χ4v) is 12.5. The van der Waals surface area contributed by atoms with Crippen molar-refractivity contribution in [2.75, 3.05) is 54.2 Å². The van der Waals surface area contributed by atoms with Crippen LogP contribution in [0.4, 0.5) is 0 Å². The number of fused-ring (bicyclic) bond motifs is 1. The maximum atomic E-state index is 12.0. The Balaban J connectivity index is 0.000000606. The monoisotopic (exact) mass is 1540 g/mol. The zero-order chi connectivity index (χ0) is 77.5. The highest BCUT2D eigenvalue weighted by Gasteiger charge is 2.15. The van der Waals surface area contributed by atoms with Crippen molar-refractivity contribution in [3.05, 3.63) is 255 Å². The number of sulfone groups is 6. The number of esters is 5. The smallest absolute Gasteiger partial charge is 0.331 e. The molecule has 1 atom stereocenters. The number of benzene rings is 6. The van der Waals surface area contributed by atoms with Gasteiger partial charge in [-0.15, -0.1) is 0 Å². The van der Waals surface area contributed by atoms with Gasteiger partial charge in [0, 0.05) is 81.3 Å². The van der Waals surface area contributed by atoms with Gasteiger partial charge in [0.05, 0.1) is 66.6 Å².